The molecule has 0 fully saturated rings. The van der Waals surface area contributed by atoms with Gasteiger partial charge in [0, 0.05) is 18.1 Å². The third-order valence-corrected chi connectivity index (χ3v) is 3.94. The van der Waals surface area contributed by atoms with Gasteiger partial charge in [0.2, 0.25) is 5.65 Å². The van der Waals surface area contributed by atoms with E-state index in [1.807, 2.05) is 12.1 Å². The van der Waals surface area contributed by atoms with Crippen LogP contribution in [0.4, 0.5) is 4.79 Å². The second kappa shape index (κ2) is 5.34. The zero-order chi connectivity index (χ0) is 12.4. The molecule has 1 amide bonds. The van der Waals surface area contributed by atoms with Crippen LogP contribution in [0, 0.1) is 0 Å². The first-order chi connectivity index (χ1) is 8.13. The van der Waals surface area contributed by atoms with Crippen molar-refractivity contribution in [1.29, 1.82) is 0 Å². The van der Waals surface area contributed by atoms with Crippen molar-refractivity contribution in [3.8, 4) is 0 Å². The van der Waals surface area contributed by atoms with Crippen LogP contribution >= 0.6 is 20.8 Å². The number of carbonyl (C=O) groups is 1. The third-order valence-electron chi connectivity index (χ3n) is 3.22. The average Bonchev–Trinajstić information content (AvgIpc) is 2.51. The van der Waals surface area contributed by atoms with Crippen LogP contribution in [0.25, 0.3) is 0 Å². The highest BCUT2D eigenvalue weighted by molar-refractivity contribution is 7.39. The Labute approximate surface area is 108 Å². The summed E-state index contributed by atoms with van der Waals surface area (Å²) in [6.07, 6.45) is 1.57. The van der Waals surface area contributed by atoms with E-state index in [0.717, 1.165) is 30.5 Å². The topological polar surface area (TPSA) is 40.5 Å². The highest BCUT2D eigenvalue weighted by atomic mass is 35.5. The van der Waals surface area contributed by atoms with Gasteiger partial charge in [-0.3, -0.25) is 4.79 Å². The minimum atomic E-state index is -0.0448. The molecule has 1 N–H and O–H groups in total. The van der Waals surface area contributed by atoms with Crippen molar-refractivity contribution in [2.45, 2.75) is 19.4 Å². The van der Waals surface area contributed by atoms with E-state index in [2.05, 4.69) is 9.24 Å². The summed E-state index contributed by atoms with van der Waals surface area (Å²) in [7, 11) is 2.21. The number of aliphatic hydroxyl groups is 1. The molecule has 0 aromatic heterocycles. The number of nitrogens with zero attached hydrogens (tertiary/aromatic N) is 1. The molecule has 3 nitrogen and oxygen atoms in total. The Morgan fingerprint density at radius 3 is 2.76 bits per heavy atom. The summed E-state index contributed by atoms with van der Waals surface area (Å²) in [5, 5.41) is 9.98. The fourth-order valence-electron chi connectivity index (χ4n) is 2.26. The van der Waals surface area contributed by atoms with Gasteiger partial charge in [-0.15, -0.1) is 0 Å². The number of hydrogen-bond donors (Lipinski definition) is 1. The van der Waals surface area contributed by atoms with Crippen molar-refractivity contribution in [2.75, 3.05) is 13.1 Å². The summed E-state index contributed by atoms with van der Waals surface area (Å²) in [6, 6.07) is 3.82. The number of aliphatic hydroxyl groups excluding tert-OH is 1. The molecule has 1 unspecified atom stereocenters. The van der Waals surface area contributed by atoms with Crippen molar-refractivity contribution < 1.29 is 9.90 Å². The molecule has 92 valence electrons. The van der Waals surface area contributed by atoms with Crippen LogP contribution < -0.4 is 0 Å². The van der Waals surface area contributed by atoms with Crippen molar-refractivity contribution in [1.82, 2.24) is 4.90 Å². The van der Waals surface area contributed by atoms with Gasteiger partial charge in [0.05, 0.1) is 6.61 Å². The molecular weight excluding hydrogens is 257 g/mol. The monoisotopic (exact) mass is 271 g/mol. The molecule has 1 aliphatic heterocycles. The first-order valence-electron chi connectivity index (χ1n) is 5.58. The number of benzene rings is 1. The van der Waals surface area contributed by atoms with Gasteiger partial charge in [-0.25, -0.2) is 0 Å². The molecule has 0 spiro atoms. The number of fused-ring (bicyclic) bond motifs is 1. The van der Waals surface area contributed by atoms with Crippen LogP contribution in [-0.2, 0) is 19.4 Å². The smallest absolute Gasteiger partial charge is 0.237 e. The quantitative estimate of drug-likeness (QED) is 0.796. The molecule has 1 heterocycles. The first-order valence-corrected chi connectivity index (χ1v) is 6.53. The van der Waals surface area contributed by atoms with Crippen LogP contribution in [0.1, 0.15) is 16.7 Å². The van der Waals surface area contributed by atoms with E-state index in [1.165, 1.54) is 5.56 Å². The van der Waals surface area contributed by atoms with Crippen molar-refractivity contribution in [3.05, 3.63) is 33.8 Å². The SMILES string of the molecule is O=C(P)N1CCc2ccc(Cl)c(CO)c2CC1. The second-order valence-corrected chi connectivity index (χ2v) is 5.05. The summed E-state index contributed by atoms with van der Waals surface area (Å²) in [6.45, 7) is 1.36. The Balaban J connectivity index is 2.34. The molecule has 2 rings (SSSR count). The van der Waals surface area contributed by atoms with Crippen LogP contribution in [0.5, 0.6) is 0 Å². The van der Waals surface area contributed by atoms with E-state index in [4.69, 9.17) is 11.6 Å². The lowest BCUT2D eigenvalue weighted by Crippen LogP contribution is -2.28. The van der Waals surface area contributed by atoms with Crippen molar-refractivity contribution in [2.24, 2.45) is 0 Å². The minimum absolute atomic E-state index is 0.0226. The van der Waals surface area contributed by atoms with Crippen LogP contribution in [-0.4, -0.2) is 28.7 Å². The lowest BCUT2D eigenvalue weighted by atomic mass is 9.97. The number of hydrogen-bond acceptors (Lipinski definition) is 2. The molecule has 1 aromatic carbocycles. The highest BCUT2D eigenvalue weighted by Gasteiger charge is 2.19. The van der Waals surface area contributed by atoms with Gasteiger partial charge in [-0.2, -0.15) is 0 Å². The zero-order valence-electron chi connectivity index (χ0n) is 9.45. The Bertz CT molecular complexity index is 450. The highest BCUT2D eigenvalue weighted by Crippen LogP contribution is 2.27. The summed E-state index contributed by atoms with van der Waals surface area (Å²) < 4.78 is 0. The molecular formula is C12H15ClNO2P. The van der Waals surface area contributed by atoms with E-state index >= 15 is 0 Å². The number of amides is 1. The minimum Gasteiger partial charge on any atom is -0.392 e. The van der Waals surface area contributed by atoms with E-state index < -0.39 is 0 Å². The lowest BCUT2D eigenvalue weighted by molar-refractivity contribution is 0.225. The molecule has 1 aliphatic rings. The van der Waals surface area contributed by atoms with Crippen molar-refractivity contribution >= 4 is 26.5 Å². The molecule has 17 heavy (non-hydrogen) atoms. The standard InChI is InChI=1S/C12H15ClNO2P/c13-11-2-1-8-3-5-14(12(16)17)6-4-9(8)10(11)7-15/h1-2,15H,3-7,17H2. The largest absolute Gasteiger partial charge is 0.392 e. The Kier molecular flexibility index (Phi) is 4.03. The molecule has 0 saturated heterocycles. The van der Waals surface area contributed by atoms with Gasteiger partial charge in [0.1, 0.15) is 0 Å². The fraction of sp³-hybridized carbons (Fsp3) is 0.417. The zero-order valence-corrected chi connectivity index (χ0v) is 11.4. The maximum atomic E-state index is 11.3. The lowest BCUT2D eigenvalue weighted by Gasteiger charge is -2.17. The summed E-state index contributed by atoms with van der Waals surface area (Å²) in [5.74, 6) is 0. The molecule has 1 atom stereocenters. The average molecular weight is 272 g/mol. The molecule has 0 aliphatic carbocycles. The van der Waals surface area contributed by atoms with E-state index in [0.29, 0.717) is 11.6 Å². The number of rotatable bonds is 1. The van der Waals surface area contributed by atoms with Crippen LogP contribution in [0.15, 0.2) is 12.1 Å². The predicted molar refractivity (Wildman–Crippen MR) is 71.5 cm³/mol. The van der Waals surface area contributed by atoms with Gasteiger partial charge >= 0.3 is 0 Å². The van der Waals surface area contributed by atoms with E-state index in [1.54, 1.807) is 4.90 Å². The van der Waals surface area contributed by atoms with E-state index in [9.17, 15) is 9.90 Å². The normalized spacial score (nSPS) is 15.4. The van der Waals surface area contributed by atoms with Gasteiger partial charge < -0.3 is 10.0 Å². The summed E-state index contributed by atoms with van der Waals surface area (Å²) >= 11 is 6.07. The fourth-order valence-corrected chi connectivity index (χ4v) is 2.76. The van der Waals surface area contributed by atoms with Gasteiger partial charge in [0.25, 0.3) is 0 Å². The van der Waals surface area contributed by atoms with E-state index in [-0.39, 0.29) is 12.3 Å². The van der Waals surface area contributed by atoms with Crippen molar-refractivity contribution in [3.63, 3.8) is 0 Å². The van der Waals surface area contributed by atoms with Gasteiger partial charge in [-0.05, 0) is 44.8 Å². The molecule has 0 radical (unpaired) electrons. The van der Waals surface area contributed by atoms with Gasteiger partial charge in [-0.1, -0.05) is 17.7 Å². The van der Waals surface area contributed by atoms with Crippen LogP contribution in [0.2, 0.25) is 5.02 Å². The molecule has 0 bridgehead atoms. The number of halogens is 1. The van der Waals surface area contributed by atoms with Crippen LogP contribution in [0.3, 0.4) is 0 Å². The Morgan fingerprint density at radius 2 is 2.12 bits per heavy atom. The first kappa shape index (κ1) is 12.8. The maximum absolute atomic E-state index is 11.3. The Hall–Kier alpha value is -0.630. The summed E-state index contributed by atoms with van der Waals surface area (Å²) in [4.78, 5) is 13.1. The van der Waals surface area contributed by atoms with Gasteiger partial charge in [0.15, 0.2) is 0 Å². The third kappa shape index (κ3) is 2.62. The number of carbonyl (C=O) groups excluding carboxylic acids is 1. The molecule has 0 saturated carbocycles. The molecule has 5 heteroatoms. The Morgan fingerprint density at radius 1 is 1.41 bits per heavy atom. The second-order valence-electron chi connectivity index (χ2n) is 4.15. The predicted octanol–water partition coefficient (Wildman–Crippen LogP) is 2.23. The maximum Gasteiger partial charge on any atom is 0.237 e. The summed E-state index contributed by atoms with van der Waals surface area (Å²) in [5.41, 5.74) is 3.12. The molecule has 1 aromatic rings.